The van der Waals surface area contributed by atoms with Crippen LogP contribution in [0.25, 0.3) is 11.1 Å². The van der Waals surface area contributed by atoms with Crippen molar-refractivity contribution in [1.82, 2.24) is 0 Å². The maximum Gasteiger partial charge on any atom is 0.133 e. The molecular weight excluding hydrogens is 392 g/mol. The zero-order valence-electron chi connectivity index (χ0n) is 17.7. The van der Waals surface area contributed by atoms with Crippen molar-refractivity contribution >= 4 is 0 Å². The second-order valence-electron chi connectivity index (χ2n) is 8.35. The molecule has 1 saturated carbocycles. The summed E-state index contributed by atoms with van der Waals surface area (Å²) in [7, 11) is 0. The maximum atomic E-state index is 14.2. The average Bonchev–Trinajstić information content (AvgIpc) is 2.79. The summed E-state index contributed by atoms with van der Waals surface area (Å²) in [4.78, 5) is 0. The topological polar surface area (TPSA) is 35.2 Å². The van der Waals surface area contributed by atoms with E-state index in [1.165, 1.54) is 49.8 Å². The second kappa shape index (κ2) is 10.1. The first-order chi connectivity index (χ1) is 15.1. The number of halogens is 2. The van der Waals surface area contributed by atoms with E-state index in [2.05, 4.69) is 24.3 Å². The number of benzene rings is 3. The third-order valence-electron chi connectivity index (χ3n) is 6.17. The lowest BCUT2D eigenvalue weighted by Crippen LogP contribution is -2.06. The highest BCUT2D eigenvalue weighted by Gasteiger charge is 2.15. The molecule has 1 fully saturated rings. The number of rotatable bonds is 7. The number of nitrogens with two attached hydrogens (primary N) is 1. The van der Waals surface area contributed by atoms with Crippen molar-refractivity contribution in [2.24, 2.45) is 5.73 Å². The fraction of sp³-hybridized carbons (Fsp3) is 0.333. The number of ether oxygens (including phenoxy) is 1. The lowest BCUT2D eigenvalue weighted by Gasteiger charge is -2.22. The van der Waals surface area contributed by atoms with Gasteiger partial charge in [-0.05, 0) is 78.2 Å². The molecule has 3 aromatic carbocycles. The van der Waals surface area contributed by atoms with Crippen molar-refractivity contribution in [1.29, 1.82) is 0 Å². The van der Waals surface area contributed by atoms with E-state index in [1.807, 2.05) is 12.1 Å². The van der Waals surface area contributed by atoms with Gasteiger partial charge in [-0.25, -0.2) is 8.78 Å². The molecule has 0 spiro atoms. The van der Waals surface area contributed by atoms with E-state index in [9.17, 15) is 8.78 Å². The van der Waals surface area contributed by atoms with Gasteiger partial charge in [-0.3, -0.25) is 0 Å². The molecule has 31 heavy (non-hydrogen) atoms. The van der Waals surface area contributed by atoms with Crippen LogP contribution in [0.2, 0.25) is 0 Å². The summed E-state index contributed by atoms with van der Waals surface area (Å²) in [5.74, 6) is 0.274. The van der Waals surface area contributed by atoms with Gasteiger partial charge in [-0.1, -0.05) is 49.6 Å². The van der Waals surface area contributed by atoms with E-state index in [1.54, 1.807) is 6.07 Å². The summed E-state index contributed by atoms with van der Waals surface area (Å²) in [6.07, 6.45) is 7.22. The van der Waals surface area contributed by atoms with Crippen molar-refractivity contribution in [3.8, 4) is 16.9 Å². The molecule has 4 heteroatoms. The van der Waals surface area contributed by atoms with Gasteiger partial charge in [0.05, 0.1) is 0 Å². The molecule has 162 valence electrons. The van der Waals surface area contributed by atoms with Gasteiger partial charge >= 0.3 is 0 Å². The van der Waals surface area contributed by atoms with Crippen LogP contribution < -0.4 is 10.5 Å². The Morgan fingerprint density at radius 3 is 2.35 bits per heavy atom. The third kappa shape index (κ3) is 5.31. The normalized spacial score (nSPS) is 14.5. The largest absolute Gasteiger partial charge is 0.489 e. The number of hydrogen-bond donors (Lipinski definition) is 1. The lowest BCUT2D eigenvalue weighted by atomic mass is 9.84. The predicted octanol–water partition coefficient (Wildman–Crippen LogP) is 6.76. The van der Waals surface area contributed by atoms with E-state index in [0.717, 1.165) is 22.9 Å². The van der Waals surface area contributed by atoms with E-state index >= 15 is 0 Å². The molecule has 3 aromatic rings. The smallest absolute Gasteiger partial charge is 0.133 e. The third-order valence-corrected chi connectivity index (χ3v) is 6.17. The molecular formula is C27H29F2NO. The Morgan fingerprint density at radius 1 is 0.871 bits per heavy atom. The Balaban J connectivity index is 1.47. The Bertz CT molecular complexity index is 1010. The first kappa shape index (κ1) is 21.5. The van der Waals surface area contributed by atoms with E-state index in [4.69, 9.17) is 10.5 Å². The summed E-state index contributed by atoms with van der Waals surface area (Å²) >= 11 is 0. The summed E-state index contributed by atoms with van der Waals surface area (Å²) in [5.41, 5.74) is 10.3. The monoisotopic (exact) mass is 421 g/mol. The van der Waals surface area contributed by atoms with Crippen LogP contribution in [0.1, 0.15) is 54.7 Å². The van der Waals surface area contributed by atoms with Crippen molar-refractivity contribution in [3.63, 3.8) is 0 Å². The average molecular weight is 422 g/mol. The molecule has 0 amide bonds. The molecule has 0 atom stereocenters. The molecule has 0 saturated heterocycles. The highest BCUT2D eigenvalue weighted by molar-refractivity contribution is 5.66. The quantitative estimate of drug-likeness (QED) is 0.457. The van der Waals surface area contributed by atoms with E-state index < -0.39 is 11.6 Å². The Hall–Kier alpha value is -2.72. The molecule has 1 aliphatic carbocycles. The molecule has 4 rings (SSSR count). The van der Waals surface area contributed by atoms with Gasteiger partial charge in [0.25, 0.3) is 0 Å². The van der Waals surface area contributed by atoms with Crippen LogP contribution in [0.3, 0.4) is 0 Å². The first-order valence-corrected chi connectivity index (χ1v) is 11.1. The van der Waals surface area contributed by atoms with Crippen LogP contribution in [0.15, 0.2) is 60.7 Å². The highest BCUT2D eigenvalue weighted by atomic mass is 19.1. The van der Waals surface area contributed by atoms with Gasteiger partial charge in [-0.15, -0.1) is 0 Å². The fourth-order valence-corrected chi connectivity index (χ4v) is 4.45. The fourth-order valence-electron chi connectivity index (χ4n) is 4.45. The van der Waals surface area contributed by atoms with Gasteiger partial charge in [0, 0.05) is 11.6 Å². The molecule has 0 aliphatic heterocycles. The van der Waals surface area contributed by atoms with Gasteiger partial charge in [0.15, 0.2) is 0 Å². The van der Waals surface area contributed by atoms with Crippen LogP contribution >= 0.6 is 0 Å². The summed E-state index contributed by atoms with van der Waals surface area (Å²) in [5, 5.41) is 0. The number of hydrogen-bond acceptors (Lipinski definition) is 2. The van der Waals surface area contributed by atoms with Crippen molar-refractivity contribution < 1.29 is 13.5 Å². The zero-order chi connectivity index (χ0) is 21.6. The van der Waals surface area contributed by atoms with Gasteiger partial charge in [-0.2, -0.15) is 0 Å². The van der Waals surface area contributed by atoms with Gasteiger partial charge in [0.2, 0.25) is 0 Å². The second-order valence-corrected chi connectivity index (χ2v) is 8.35. The van der Waals surface area contributed by atoms with Gasteiger partial charge < -0.3 is 10.5 Å². The summed E-state index contributed by atoms with van der Waals surface area (Å²) < 4.78 is 33.5. The van der Waals surface area contributed by atoms with Crippen LogP contribution in [0, 0.1) is 11.6 Å². The van der Waals surface area contributed by atoms with Gasteiger partial charge in [0.1, 0.15) is 24.0 Å². The molecule has 0 aromatic heterocycles. The van der Waals surface area contributed by atoms with Crippen LogP contribution in [-0.4, -0.2) is 6.54 Å². The molecule has 0 radical (unpaired) electrons. The molecule has 0 bridgehead atoms. The molecule has 2 nitrogen and oxygen atoms in total. The van der Waals surface area contributed by atoms with E-state index in [0.29, 0.717) is 36.6 Å². The standard InChI is InChI=1S/C27H29F2NO/c28-24-11-12-25(26(29)17-24)22-10-13-27(23(16-22)14-15-30)31-18-19-6-8-21(9-7-19)20-4-2-1-3-5-20/h6-13,16-17,20H,1-5,14-15,18,30H2. The Morgan fingerprint density at radius 2 is 1.65 bits per heavy atom. The molecule has 0 unspecified atom stereocenters. The molecule has 0 heterocycles. The van der Waals surface area contributed by atoms with Crippen molar-refractivity contribution in [3.05, 3.63) is 89.0 Å². The van der Waals surface area contributed by atoms with E-state index in [-0.39, 0.29) is 0 Å². The molecule has 2 N–H and O–H groups in total. The van der Waals surface area contributed by atoms with Crippen molar-refractivity contribution in [2.45, 2.75) is 51.0 Å². The van der Waals surface area contributed by atoms with Crippen LogP contribution in [0.5, 0.6) is 5.75 Å². The zero-order valence-corrected chi connectivity index (χ0v) is 17.7. The Kier molecular flexibility index (Phi) is 6.98. The maximum absolute atomic E-state index is 14.2. The Labute approximate surface area is 183 Å². The first-order valence-electron chi connectivity index (χ1n) is 11.1. The molecule has 1 aliphatic rings. The minimum Gasteiger partial charge on any atom is -0.489 e. The summed E-state index contributed by atoms with van der Waals surface area (Å²) in [6, 6.07) is 17.9. The van der Waals surface area contributed by atoms with Crippen molar-refractivity contribution in [2.75, 3.05) is 6.54 Å². The SMILES string of the molecule is NCCc1cc(-c2ccc(F)cc2F)ccc1OCc1ccc(C2CCCCC2)cc1. The predicted molar refractivity (Wildman–Crippen MR) is 121 cm³/mol. The summed E-state index contributed by atoms with van der Waals surface area (Å²) in [6.45, 7) is 0.925. The lowest BCUT2D eigenvalue weighted by molar-refractivity contribution is 0.303. The minimum absolute atomic E-state index is 0.365. The highest BCUT2D eigenvalue weighted by Crippen LogP contribution is 2.33. The van der Waals surface area contributed by atoms with Crippen LogP contribution in [-0.2, 0) is 13.0 Å². The minimum atomic E-state index is -0.585. The van der Waals surface area contributed by atoms with Crippen LogP contribution in [0.4, 0.5) is 8.78 Å².